The standard InChI is InChI=1S/C21H24FNO/c1-3-23-11-10-19-18(13-23)17-9-4-14(2)12-20(17)21(19,24)15-5-7-16(22)8-6-15/h4-9,12,18-19,24H,3,10-11,13H2,1-2H3/t18-,19-,21?/m1/s1. The second-order valence-electron chi connectivity index (χ2n) is 7.26. The molecule has 0 aromatic heterocycles. The number of rotatable bonds is 2. The fourth-order valence-electron chi connectivity index (χ4n) is 4.72. The van der Waals surface area contributed by atoms with Gasteiger partial charge in [0, 0.05) is 18.4 Å². The van der Waals surface area contributed by atoms with Gasteiger partial charge in [-0.1, -0.05) is 42.8 Å². The summed E-state index contributed by atoms with van der Waals surface area (Å²) in [5.41, 5.74) is 3.23. The van der Waals surface area contributed by atoms with Gasteiger partial charge in [0.1, 0.15) is 11.4 Å². The van der Waals surface area contributed by atoms with Gasteiger partial charge in [-0.2, -0.15) is 0 Å². The minimum atomic E-state index is -1.01. The number of halogens is 1. The molecule has 0 bridgehead atoms. The maximum Gasteiger partial charge on any atom is 0.123 e. The highest BCUT2D eigenvalue weighted by Crippen LogP contribution is 2.55. The quantitative estimate of drug-likeness (QED) is 0.907. The summed E-state index contributed by atoms with van der Waals surface area (Å²) in [5.74, 6) is 0.231. The number of likely N-dealkylation sites (N-methyl/N-ethyl adjacent to an activating group) is 1. The van der Waals surface area contributed by atoms with E-state index in [9.17, 15) is 9.50 Å². The Hall–Kier alpha value is -1.71. The van der Waals surface area contributed by atoms with Gasteiger partial charge < -0.3 is 10.0 Å². The van der Waals surface area contributed by atoms with Gasteiger partial charge in [0.15, 0.2) is 0 Å². The van der Waals surface area contributed by atoms with E-state index < -0.39 is 5.60 Å². The van der Waals surface area contributed by atoms with E-state index >= 15 is 0 Å². The van der Waals surface area contributed by atoms with Gasteiger partial charge >= 0.3 is 0 Å². The van der Waals surface area contributed by atoms with Gasteiger partial charge in [-0.25, -0.2) is 4.39 Å². The highest BCUT2D eigenvalue weighted by Gasteiger charge is 2.53. The Morgan fingerprint density at radius 2 is 1.96 bits per heavy atom. The summed E-state index contributed by atoms with van der Waals surface area (Å²) in [7, 11) is 0. The third-order valence-electron chi connectivity index (χ3n) is 5.98. The minimum Gasteiger partial charge on any atom is -0.380 e. The molecule has 0 amide bonds. The molecule has 1 N–H and O–H groups in total. The first kappa shape index (κ1) is 15.8. The lowest BCUT2D eigenvalue weighted by atomic mass is 9.74. The molecule has 1 aliphatic heterocycles. The van der Waals surface area contributed by atoms with E-state index in [4.69, 9.17) is 0 Å². The van der Waals surface area contributed by atoms with Crippen LogP contribution in [0.3, 0.4) is 0 Å². The van der Waals surface area contributed by atoms with E-state index in [1.165, 1.54) is 17.7 Å². The minimum absolute atomic E-state index is 0.155. The zero-order valence-corrected chi connectivity index (χ0v) is 14.3. The van der Waals surface area contributed by atoms with Crippen LogP contribution in [0.25, 0.3) is 0 Å². The lowest BCUT2D eigenvalue weighted by Crippen LogP contribution is -2.44. The molecular weight excluding hydrogens is 301 g/mol. The normalized spacial score (nSPS) is 29.3. The number of piperidine rings is 1. The van der Waals surface area contributed by atoms with E-state index in [2.05, 4.69) is 36.9 Å². The van der Waals surface area contributed by atoms with Crippen LogP contribution in [0.1, 0.15) is 41.5 Å². The number of aryl methyl sites for hydroxylation is 1. The monoisotopic (exact) mass is 325 g/mol. The van der Waals surface area contributed by atoms with Crippen molar-refractivity contribution in [2.75, 3.05) is 19.6 Å². The maximum atomic E-state index is 13.4. The van der Waals surface area contributed by atoms with Crippen LogP contribution in [-0.2, 0) is 5.60 Å². The fraction of sp³-hybridized carbons (Fsp3) is 0.429. The largest absolute Gasteiger partial charge is 0.380 e. The van der Waals surface area contributed by atoms with Gasteiger partial charge in [0.2, 0.25) is 0 Å². The Balaban J connectivity index is 1.87. The van der Waals surface area contributed by atoms with Crippen LogP contribution in [0.15, 0.2) is 42.5 Å². The number of nitrogens with zero attached hydrogens (tertiary/aromatic N) is 1. The predicted molar refractivity (Wildman–Crippen MR) is 93.5 cm³/mol. The molecule has 2 aliphatic rings. The molecule has 4 rings (SSSR count). The van der Waals surface area contributed by atoms with Crippen LogP contribution in [0.4, 0.5) is 4.39 Å². The summed E-state index contributed by atoms with van der Waals surface area (Å²) in [6.07, 6.45) is 0.958. The number of hydrogen-bond donors (Lipinski definition) is 1. The average Bonchev–Trinajstić information content (AvgIpc) is 2.84. The Labute approximate surface area is 142 Å². The molecule has 1 heterocycles. The van der Waals surface area contributed by atoms with Crippen molar-refractivity contribution in [3.05, 3.63) is 70.5 Å². The Kier molecular flexibility index (Phi) is 3.74. The molecule has 3 atom stereocenters. The smallest absolute Gasteiger partial charge is 0.123 e. The molecule has 2 aromatic rings. The highest BCUT2D eigenvalue weighted by atomic mass is 19.1. The first-order valence-electron chi connectivity index (χ1n) is 8.85. The maximum absolute atomic E-state index is 13.4. The van der Waals surface area contributed by atoms with Crippen molar-refractivity contribution < 1.29 is 9.50 Å². The molecule has 0 spiro atoms. The first-order chi connectivity index (χ1) is 11.5. The summed E-state index contributed by atoms with van der Waals surface area (Å²) >= 11 is 0. The summed E-state index contributed by atoms with van der Waals surface area (Å²) in [5, 5.41) is 11.8. The Bertz CT molecular complexity index is 757. The number of hydrogen-bond acceptors (Lipinski definition) is 2. The molecule has 1 unspecified atom stereocenters. The second-order valence-corrected chi connectivity index (χ2v) is 7.26. The van der Waals surface area contributed by atoms with Gasteiger partial charge in [-0.3, -0.25) is 0 Å². The van der Waals surface area contributed by atoms with Crippen LogP contribution >= 0.6 is 0 Å². The Morgan fingerprint density at radius 1 is 1.21 bits per heavy atom. The highest BCUT2D eigenvalue weighted by molar-refractivity contribution is 5.51. The molecule has 0 radical (unpaired) electrons. The molecule has 1 saturated heterocycles. The lowest BCUT2D eigenvalue weighted by Gasteiger charge is -2.40. The number of benzene rings is 2. The topological polar surface area (TPSA) is 23.5 Å². The van der Waals surface area contributed by atoms with Crippen molar-refractivity contribution in [2.45, 2.75) is 31.8 Å². The van der Waals surface area contributed by atoms with Crippen LogP contribution in [0, 0.1) is 18.7 Å². The van der Waals surface area contributed by atoms with Crippen LogP contribution in [0.2, 0.25) is 0 Å². The van der Waals surface area contributed by atoms with Crippen molar-refractivity contribution in [2.24, 2.45) is 5.92 Å². The Morgan fingerprint density at radius 3 is 2.67 bits per heavy atom. The van der Waals surface area contributed by atoms with Crippen LogP contribution < -0.4 is 0 Å². The van der Waals surface area contributed by atoms with Crippen LogP contribution in [0.5, 0.6) is 0 Å². The van der Waals surface area contributed by atoms with E-state index in [1.807, 2.05) is 0 Å². The number of likely N-dealkylation sites (tertiary alicyclic amines) is 1. The molecule has 0 saturated carbocycles. The van der Waals surface area contributed by atoms with Crippen molar-refractivity contribution in [1.82, 2.24) is 4.90 Å². The van der Waals surface area contributed by atoms with Gasteiger partial charge in [0.25, 0.3) is 0 Å². The van der Waals surface area contributed by atoms with E-state index in [0.717, 1.165) is 42.7 Å². The zero-order chi connectivity index (χ0) is 16.9. The summed E-state index contributed by atoms with van der Waals surface area (Å²) < 4.78 is 13.4. The SMILES string of the molecule is CCN1CC[C@@H]2[C@H](C1)c1ccc(C)cc1C2(O)c1ccc(F)cc1. The van der Waals surface area contributed by atoms with E-state index in [1.54, 1.807) is 12.1 Å². The number of aliphatic hydroxyl groups is 1. The third-order valence-corrected chi connectivity index (χ3v) is 5.98. The molecule has 24 heavy (non-hydrogen) atoms. The molecule has 3 heteroatoms. The average molecular weight is 325 g/mol. The molecule has 1 fully saturated rings. The van der Waals surface area contributed by atoms with Gasteiger partial charge in [-0.15, -0.1) is 0 Å². The summed E-state index contributed by atoms with van der Waals surface area (Å²) in [6, 6.07) is 12.8. The molecule has 2 aromatic carbocycles. The third kappa shape index (κ3) is 2.22. The fourth-order valence-corrected chi connectivity index (χ4v) is 4.72. The van der Waals surface area contributed by atoms with Crippen LogP contribution in [-0.4, -0.2) is 29.6 Å². The van der Waals surface area contributed by atoms with E-state index in [-0.39, 0.29) is 11.7 Å². The van der Waals surface area contributed by atoms with Crippen molar-refractivity contribution in [3.63, 3.8) is 0 Å². The van der Waals surface area contributed by atoms with Crippen molar-refractivity contribution in [3.8, 4) is 0 Å². The summed E-state index contributed by atoms with van der Waals surface area (Å²) in [4.78, 5) is 2.46. The van der Waals surface area contributed by atoms with Crippen molar-refractivity contribution in [1.29, 1.82) is 0 Å². The first-order valence-corrected chi connectivity index (χ1v) is 8.85. The summed E-state index contributed by atoms with van der Waals surface area (Å²) in [6.45, 7) is 7.29. The molecule has 2 nitrogen and oxygen atoms in total. The lowest BCUT2D eigenvalue weighted by molar-refractivity contribution is -0.00745. The van der Waals surface area contributed by atoms with Crippen molar-refractivity contribution >= 4 is 0 Å². The zero-order valence-electron chi connectivity index (χ0n) is 14.3. The predicted octanol–water partition coefficient (Wildman–Crippen LogP) is 3.81. The van der Waals surface area contributed by atoms with E-state index in [0.29, 0.717) is 5.92 Å². The van der Waals surface area contributed by atoms with Gasteiger partial charge in [-0.05, 0) is 55.3 Å². The second kappa shape index (κ2) is 5.68. The molecule has 126 valence electrons. The molecular formula is C21H24FNO. The van der Waals surface area contributed by atoms with Gasteiger partial charge in [0.05, 0.1) is 0 Å². The number of fused-ring (bicyclic) bond motifs is 3. The molecule has 1 aliphatic carbocycles.